The third-order valence-electron chi connectivity index (χ3n) is 3.53. The second-order valence-electron chi connectivity index (χ2n) is 4.82. The van der Waals surface area contributed by atoms with E-state index in [0.29, 0.717) is 18.8 Å². The highest BCUT2D eigenvalue weighted by atomic mass is 16.4. The number of hydrogen-bond acceptors (Lipinski definition) is 4. The van der Waals surface area contributed by atoms with Crippen LogP contribution in [0.15, 0.2) is 46.9 Å². The topological polar surface area (TPSA) is 62.7 Å². The molecule has 0 saturated carbocycles. The molecule has 3 rings (SSSR count). The van der Waals surface area contributed by atoms with Crippen LogP contribution >= 0.6 is 0 Å². The van der Waals surface area contributed by atoms with Crippen molar-refractivity contribution in [2.75, 3.05) is 36.8 Å². The van der Waals surface area contributed by atoms with Crippen LogP contribution in [0.5, 0.6) is 0 Å². The molecule has 5 nitrogen and oxygen atoms in total. The number of nitrogen functional groups attached to an aromatic ring is 1. The van der Waals surface area contributed by atoms with Gasteiger partial charge in [-0.2, -0.15) is 0 Å². The number of carbonyl (C=O) groups excluding carboxylic acids is 1. The molecule has 0 unspecified atom stereocenters. The number of carbonyl (C=O) groups is 1. The first-order valence-electron chi connectivity index (χ1n) is 6.68. The number of amides is 1. The van der Waals surface area contributed by atoms with Gasteiger partial charge in [-0.3, -0.25) is 4.79 Å². The fraction of sp³-hybridized carbons (Fsp3) is 0.267. The molecule has 2 aromatic rings. The van der Waals surface area contributed by atoms with Gasteiger partial charge < -0.3 is 20.0 Å². The van der Waals surface area contributed by atoms with E-state index in [1.165, 1.54) is 5.69 Å². The van der Waals surface area contributed by atoms with Gasteiger partial charge in [0.15, 0.2) is 11.6 Å². The van der Waals surface area contributed by atoms with Crippen LogP contribution in [-0.4, -0.2) is 37.0 Å². The lowest BCUT2D eigenvalue weighted by Crippen LogP contribution is -2.48. The Morgan fingerprint density at radius 3 is 2.30 bits per heavy atom. The van der Waals surface area contributed by atoms with Gasteiger partial charge in [-0.25, -0.2) is 0 Å². The van der Waals surface area contributed by atoms with Crippen molar-refractivity contribution in [3.05, 3.63) is 48.2 Å². The lowest BCUT2D eigenvalue weighted by atomic mass is 10.2. The van der Waals surface area contributed by atoms with Crippen molar-refractivity contribution >= 4 is 17.5 Å². The van der Waals surface area contributed by atoms with Crippen LogP contribution in [0.4, 0.5) is 11.6 Å². The first-order chi connectivity index (χ1) is 9.74. The molecular formula is C15H17N3O2. The molecule has 0 bridgehead atoms. The first kappa shape index (κ1) is 12.6. The molecule has 20 heavy (non-hydrogen) atoms. The van der Waals surface area contributed by atoms with Crippen molar-refractivity contribution in [3.8, 4) is 0 Å². The minimum absolute atomic E-state index is 0.0885. The smallest absolute Gasteiger partial charge is 0.289 e. The second-order valence-corrected chi connectivity index (χ2v) is 4.82. The molecule has 1 aliphatic rings. The van der Waals surface area contributed by atoms with Crippen molar-refractivity contribution in [1.82, 2.24) is 4.90 Å². The zero-order valence-electron chi connectivity index (χ0n) is 11.2. The Morgan fingerprint density at radius 1 is 1.00 bits per heavy atom. The summed E-state index contributed by atoms with van der Waals surface area (Å²) in [5.41, 5.74) is 6.69. The van der Waals surface area contributed by atoms with Gasteiger partial charge in [0.05, 0.1) is 0 Å². The molecule has 2 heterocycles. The molecule has 2 N–H and O–H groups in total. The van der Waals surface area contributed by atoms with E-state index in [2.05, 4.69) is 17.0 Å². The molecule has 0 aliphatic carbocycles. The highest BCUT2D eigenvalue weighted by molar-refractivity contribution is 5.92. The number of hydrogen-bond donors (Lipinski definition) is 1. The lowest BCUT2D eigenvalue weighted by Gasteiger charge is -2.35. The van der Waals surface area contributed by atoms with Crippen LogP contribution in [0, 0.1) is 0 Å². The van der Waals surface area contributed by atoms with Crippen molar-refractivity contribution in [2.45, 2.75) is 0 Å². The molecule has 104 valence electrons. The molecular weight excluding hydrogens is 254 g/mol. The van der Waals surface area contributed by atoms with Gasteiger partial charge in [0, 0.05) is 37.9 Å². The van der Waals surface area contributed by atoms with Gasteiger partial charge in [-0.05, 0) is 18.2 Å². The molecule has 0 radical (unpaired) electrons. The lowest BCUT2D eigenvalue weighted by molar-refractivity contribution is 0.0716. The van der Waals surface area contributed by atoms with Crippen molar-refractivity contribution < 1.29 is 9.21 Å². The van der Waals surface area contributed by atoms with Crippen molar-refractivity contribution in [1.29, 1.82) is 0 Å². The molecule has 1 aliphatic heterocycles. The van der Waals surface area contributed by atoms with E-state index >= 15 is 0 Å². The van der Waals surface area contributed by atoms with Crippen LogP contribution in [0.25, 0.3) is 0 Å². The van der Waals surface area contributed by atoms with E-state index < -0.39 is 0 Å². The van der Waals surface area contributed by atoms with E-state index in [4.69, 9.17) is 10.2 Å². The van der Waals surface area contributed by atoms with Gasteiger partial charge in [0.1, 0.15) is 0 Å². The number of piperazine rings is 1. The minimum atomic E-state index is -0.0885. The van der Waals surface area contributed by atoms with Gasteiger partial charge in [-0.1, -0.05) is 18.2 Å². The van der Waals surface area contributed by atoms with E-state index in [9.17, 15) is 4.79 Å². The highest BCUT2D eigenvalue weighted by Gasteiger charge is 2.24. The quantitative estimate of drug-likeness (QED) is 0.905. The second kappa shape index (κ2) is 5.28. The monoisotopic (exact) mass is 271 g/mol. The van der Waals surface area contributed by atoms with Crippen molar-refractivity contribution in [2.24, 2.45) is 0 Å². The fourth-order valence-corrected chi connectivity index (χ4v) is 2.43. The van der Waals surface area contributed by atoms with E-state index in [-0.39, 0.29) is 11.8 Å². The summed E-state index contributed by atoms with van der Waals surface area (Å²) in [6.45, 7) is 3.03. The Hall–Kier alpha value is -2.43. The van der Waals surface area contributed by atoms with Crippen LogP contribution in [0.3, 0.4) is 0 Å². The largest absolute Gasteiger partial charge is 0.436 e. The summed E-state index contributed by atoms with van der Waals surface area (Å²) in [5.74, 6) is 0.501. The molecule has 1 fully saturated rings. The number of furan rings is 1. The van der Waals surface area contributed by atoms with Gasteiger partial charge in [0.2, 0.25) is 0 Å². The summed E-state index contributed by atoms with van der Waals surface area (Å²) >= 11 is 0. The fourth-order valence-electron chi connectivity index (χ4n) is 2.43. The zero-order valence-corrected chi connectivity index (χ0v) is 11.2. The van der Waals surface area contributed by atoms with E-state index in [1.807, 2.05) is 18.2 Å². The van der Waals surface area contributed by atoms with Crippen LogP contribution in [-0.2, 0) is 0 Å². The van der Waals surface area contributed by atoms with Crippen LogP contribution < -0.4 is 10.6 Å². The summed E-state index contributed by atoms with van der Waals surface area (Å²) in [6.07, 6.45) is 0. The number of para-hydroxylation sites is 1. The normalized spacial score (nSPS) is 15.4. The first-order valence-corrected chi connectivity index (χ1v) is 6.68. The third-order valence-corrected chi connectivity index (χ3v) is 3.53. The standard InChI is InChI=1S/C15H17N3O2/c16-14-7-6-13(20-14)15(19)18-10-8-17(9-11-18)12-4-2-1-3-5-12/h1-7H,8-11,16H2. The average molecular weight is 271 g/mol. The van der Waals surface area contributed by atoms with Gasteiger partial charge in [-0.15, -0.1) is 0 Å². The summed E-state index contributed by atoms with van der Waals surface area (Å²) in [6, 6.07) is 13.5. The zero-order chi connectivity index (χ0) is 13.9. The Balaban J connectivity index is 1.63. The average Bonchev–Trinajstić information content (AvgIpc) is 2.94. The summed E-state index contributed by atoms with van der Waals surface area (Å²) in [7, 11) is 0. The molecule has 1 saturated heterocycles. The molecule has 5 heteroatoms. The van der Waals surface area contributed by atoms with Crippen LogP contribution in [0.1, 0.15) is 10.6 Å². The molecule has 0 atom stereocenters. The number of nitrogens with zero attached hydrogens (tertiary/aromatic N) is 2. The third kappa shape index (κ3) is 2.47. The summed E-state index contributed by atoms with van der Waals surface area (Å²) in [4.78, 5) is 16.3. The molecule has 1 aromatic carbocycles. The van der Waals surface area contributed by atoms with Crippen LogP contribution in [0.2, 0.25) is 0 Å². The van der Waals surface area contributed by atoms with E-state index in [0.717, 1.165) is 13.1 Å². The summed E-state index contributed by atoms with van der Waals surface area (Å²) in [5, 5.41) is 0. The van der Waals surface area contributed by atoms with E-state index in [1.54, 1.807) is 17.0 Å². The Morgan fingerprint density at radius 2 is 1.70 bits per heavy atom. The predicted octanol–water partition coefficient (Wildman–Crippen LogP) is 1.82. The predicted molar refractivity (Wildman–Crippen MR) is 77.7 cm³/mol. The maximum absolute atomic E-state index is 12.2. The molecule has 0 spiro atoms. The Bertz CT molecular complexity index is 586. The molecule has 1 aromatic heterocycles. The van der Waals surface area contributed by atoms with Gasteiger partial charge >= 0.3 is 0 Å². The maximum atomic E-state index is 12.2. The number of rotatable bonds is 2. The SMILES string of the molecule is Nc1ccc(C(=O)N2CCN(c3ccccc3)CC2)o1. The highest BCUT2D eigenvalue weighted by Crippen LogP contribution is 2.18. The Kier molecular flexibility index (Phi) is 3.33. The molecule has 1 amide bonds. The number of benzene rings is 1. The van der Waals surface area contributed by atoms with Crippen molar-refractivity contribution in [3.63, 3.8) is 0 Å². The minimum Gasteiger partial charge on any atom is -0.436 e. The number of nitrogens with two attached hydrogens (primary N) is 1. The maximum Gasteiger partial charge on any atom is 0.289 e. The summed E-state index contributed by atoms with van der Waals surface area (Å²) < 4.78 is 5.18. The Labute approximate surface area is 117 Å². The van der Waals surface area contributed by atoms with Gasteiger partial charge in [0.25, 0.3) is 5.91 Å². The number of anilines is 2.